The first-order valence-corrected chi connectivity index (χ1v) is 8.21. The van der Waals surface area contributed by atoms with Gasteiger partial charge in [-0.25, -0.2) is 0 Å². The largest absolute Gasteiger partial charge is 0.317 e. The van der Waals surface area contributed by atoms with Crippen LogP contribution in [-0.2, 0) is 5.41 Å². The number of benzene rings is 1. The minimum Gasteiger partial charge on any atom is -0.317 e. The summed E-state index contributed by atoms with van der Waals surface area (Å²) >= 11 is 0. The number of rotatable bonds is 1. The summed E-state index contributed by atoms with van der Waals surface area (Å²) in [5.41, 5.74) is 5.55. The van der Waals surface area contributed by atoms with E-state index in [0.717, 1.165) is 5.92 Å². The van der Waals surface area contributed by atoms with Crippen molar-refractivity contribution in [2.75, 3.05) is 13.1 Å². The van der Waals surface area contributed by atoms with Crippen LogP contribution in [0.3, 0.4) is 0 Å². The van der Waals surface area contributed by atoms with E-state index < -0.39 is 0 Å². The third-order valence-electron chi connectivity index (χ3n) is 5.61. The first-order chi connectivity index (χ1) is 9.40. The van der Waals surface area contributed by atoms with E-state index in [1.807, 2.05) is 0 Å². The molecule has 110 valence electrons. The number of nitrogens with one attached hydrogen (secondary N) is 1. The van der Waals surface area contributed by atoms with Gasteiger partial charge < -0.3 is 5.32 Å². The number of hydrogen-bond acceptors (Lipinski definition) is 1. The topological polar surface area (TPSA) is 12.0 Å². The van der Waals surface area contributed by atoms with Gasteiger partial charge in [-0.3, -0.25) is 0 Å². The van der Waals surface area contributed by atoms with Crippen LogP contribution in [-0.4, -0.2) is 13.1 Å². The smallest absolute Gasteiger partial charge is 0.00436 e. The lowest BCUT2D eigenvalue weighted by Gasteiger charge is -2.51. The van der Waals surface area contributed by atoms with Crippen molar-refractivity contribution < 1.29 is 0 Å². The van der Waals surface area contributed by atoms with E-state index in [1.165, 1.54) is 49.9 Å². The molecule has 0 bridgehead atoms. The zero-order chi connectivity index (χ0) is 14.4. The molecule has 0 radical (unpaired) electrons. The SMILES string of the molecule is Cc1ccc(C(C)(C)C)cc1C1CC2(CCNCC2)C1. The molecule has 0 unspecified atom stereocenters. The molecule has 0 aromatic heterocycles. The molecule has 1 aliphatic heterocycles. The summed E-state index contributed by atoms with van der Waals surface area (Å²) < 4.78 is 0. The zero-order valence-corrected chi connectivity index (χ0v) is 13.6. The predicted octanol–water partition coefficient (Wildman–Crippen LogP) is 4.54. The molecule has 0 atom stereocenters. The first-order valence-electron chi connectivity index (χ1n) is 8.21. The van der Waals surface area contributed by atoms with Crippen LogP contribution in [0.25, 0.3) is 0 Å². The van der Waals surface area contributed by atoms with Crippen molar-refractivity contribution >= 4 is 0 Å². The van der Waals surface area contributed by atoms with E-state index in [1.54, 1.807) is 5.56 Å². The molecular formula is C19H29N. The van der Waals surface area contributed by atoms with Gasteiger partial charge in [0.2, 0.25) is 0 Å². The Labute approximate surface area is 124 Å². The van der Waals surface area contributed by atoms with Crippen LogP contribution >= 0.6 is 0 Å². The van der Waals surface area contributed by atoms with E-state index in [0.29, 0.717) is 5.41 Å². The summed E-state index contributed by atoms with van der Waals surface area (Å²) in [5, 5.41) is 3.50. The average molecular weight is 271 g/mol. The normalized spacial score (nSPS) is 22.8. The van der Waals surface area contributed by atoms with Gasteiger partial charge >= 0.3 is 0 Å². The standard InChI is InChI=1S/C19H29N/c1-14-5-6-16(18(2,3)4)11-17(14)15-12-19(13-15)7-9-20-10-8-19/h5-6,11,15,20H,7-10,12-13H2,1-4H3. The maximum Gasteiger partial charge on any atom is -0.00436 e. The first kappa shape index (κ1) is 14.1. The average Bonchev–Trinajstić information content (AvgIpc) is 2.36. The molecule has 20 heavy (non-hydrogen) atoms. The second kappa shape index (κ2) is 4.87. The maximum atomic E-state index is 3.50. The lowest BCUT2D eigenvalue weighted by atomic mass is 9.55. The molecule has 1 spiro atoms. The van der Waals surface area contributed by atoms with Crippen molar-refractivity contribution in [2.24, 2.45) is 5.41 Å². The van der Waals surface area contributed by atoms with E-state index in [4.69, 9.17) is 0 Å². The molecule has 3 rings (SSSR count). The highest BCUT2D eigenvalue weighted by atomic mass is 14.9. The van der Waals surface area contributed by atoms with Crippen molar-refractivity contribution in [1.29, 1.82) is 0 Å². The highest BCUT2D eigenvalue weighted by Crippen LogP contribution is 2.56. The summed E-state index contributed by atoms with van der Waals surface area (Å²) in [6, 6.07) is 7.15. The van der Waals surface area contributed by atoms with Gasteiger partial charge in [-0.05, 0) is 79.1 Å². The van der Waals surface area contributed by atoms with E-state index in [9.17, 15) is 0 Å². The molecule has 0 amide bonds. The fourth-order valence-electron chi connectivity index (χ4n) is 4.12. The minimum atomic E-state index is 0.263. The van der Waals surface area contributed by atoms with Gasteiger partial charge in [0.25, 0.3) is 0 Å². The Hall–Kier alpha value is -0.820. The molecule has 1 aromatic carbocycles. The Balaban J connectivity index is 1.78. The van der Waals surface area contributed by atoms with Crippen LogP contribution < -0.4 is 5.32 Å². The van der Waals surface area contributed by atoms with Gasteiger partial charge in [0.15, 0.2) is 0 Å². The van der Waals surface area contributed by atoms with Crippen LogP contribution in [0.5, 0.6) is 0 Å². The molecule has 2 aliphatic rings. The van der Waals surface area contributed by atoms with Crippen LogP contribution in [0.2, 0.25) is 0 Å². The maximum absolute atomic E-state index is 3.50. The number of piperidine rings is 1. The highest BCUT2D eigenvalue weighted by Gasteiger charge is 2.45. The van der Waals surface area contributed by atoms with Crippen molar-refractivity contribution in [3.8, 4) is 0 Å². The molecule has 2 fully saturated rings. The van der Waals surface area contributed by atoms with Gasteiger partial charge in [0.1, 0.15) is 0 Å². The summed E-state index contributed by atoms with van der Waals surface area (Å²) in [5.74, 6) is 0.815. The molecule has 1 N–H and O–H groups in total. The Morgan fingerprint density at radius 2 is 1.75 bits per heavy atom. The summed E-state index contributed by atoms with van der Waals surface area (Å²) in [6.07, 6.45) is 5.62. The second-order valence-electron chi connectivity index (χ2n) is 8.18. The van der Waals surface area contributed by atoms with Gasteiger partial charge in [-0.2, -0.15) is 0 Å². The molecule has 1 saturated heterocycles. The molecule has 1 heteroatoms. The van der Waals surface area contributed by atoms with Crippen LogP contribution in [0, 0.1) is 12.3 Å². The third kappa shape index (κ3) is 2.53. The Kier molecular flexibility index (Phi) is 3.44. The van der Waals surface area contributed by atoms with Crippen molar-refractivity contribution in [2.45, 2.75) is 64.7 Å². The van der Waals surface area contributed by atoms with Gasteiger partial charge in [0, 0.05) is 0 Å². The van der Waals surface area contributed by atoms with Crippen LogP contribution in [0.4, 0.5) is 0 Å². The monoisotopic (exact) mass is 271 g/mol. The minimum absolute atomic E-state index is 0.263. The molecule has 1 aromatic rings. The lowest BCUT2D eigenvalue weighted by molar-refractivity contribution is 0.0601. The Morgan fingerprint density at radius 3 is 2.35 bits per heavy atom. The zero-order valence-electron chi connectivity index (χ0n) is 13.6. The van der Waals surface area contributed by atoms with Gasteiger partial charge in [-0.15, -0.1) is 0 Å². The van der Waals surface area contributed by atoms with Gasteiger partial charge in [0.05, 0.1) is 0 Å². The van der Waals surface area contributed by atoms with Gasteiger partial charge in [-0.1, -0.05) is 39.0 Å². The Morgan fingerprint density at radius 1 is 1.10 bits per heavy atom. The van der Waals surface area contributed by atoms with E-state index in [-0.39, 0.29) is 5.41 Å². The van der Waals surface area contributed by atoms with Crippen molar-refractivity contribution in [3.63, 3.8) is 0 Å². The quantitative estimate of drug-likeness (QED) is 0.790. The molecular weight excluding hydrogens is 242 g/mol. The molecule has 1 nitrogen and oxygen atoms in total. The summed E-state index contributed by atoms with van der Waals surface area (Å²) in [6.45, 7) is 11.7. The predicted molar refractivity (Wildman–Crippen MR) is 86.4 cm³/mol. The van der Waals surface area contributed by atoms with Crippen LogP contribution in [0.1, 0.15) is 69.1 Å². The van der Waals surface area contributed by atoms with Crippen molar-refractivity contribution in [3.05, 3.63) is 34.9 Å². The lowest BCUT2D eigenvalue weighted by Crippen LogP contribution is -2.44. The summed E-state index contributed by atoms with van der Waals surface area (Å²) in [4.78, 5) is 0. The molecule has 1 aliphatic carbocycles. The Bertz CT molecular complexity index is 481. The number of hydrogen-bond donors (Lipinski definition) is 1. The fraction of sp³-hybridized carbons (Fsp3) is 0.684. The molecule has 1 heterocycles. The van der Waals surface area contributed by atoms with E-state index in [2.05, 4.69) is 51.2 Å². The summed E-state index contributed by atoms with van der Waals surface area (Å²) in [7, 11) is 0. The number of aryl methyl sites for hydroxylation is 1. The fourth-order valence-corrected chi connectivity index (χ4v) is 4.12. The highest BCUT2D eigenvalue weighted by molar-refractivity contribution is 5.38. The third-order valence-corrected chi connectivity index (χ3v) is 5.61. The van der Waals surface area contributed by atoms with E-state index >= 15 is 0 Å². The van der Waals surface area contributed by atoms with Crippen molar-refractivity contribution in [1.82, 2.24) is 5.32 Å². The van der Waals surface area contributed by atoms with Crippen LogP contribution in [0.15, 0.2) is 18.2 Å². The molecule has 1 saturated carbocycles. The second-order valence-corrected chi connectivity index (χ2v) is 8.18.